The molecule has 0 saturated carbocycles. The molecule has 1 aromatic rings. The van der Waals surface area contributed by atoms with Crippen LogP contribution in [0, 0.1) is 0 Å². The van der Waals surface area contributed by atoms with E-state index in [1.807, 2.05) is 0 Å². The quantitative estimate of drug-likeness (QED) is 0.837. The van der Waals surface area contributed by atoms with Crippen molar-refractivity contribution in [3.8, 4) is 0 Å². The zero-order valence-electron chi connectivity index (χ0n) is 10.1. The molecule has 21 heavy (non-hydrogen) atoms. The maximum absolute atomic E-state index is 12.7. The number of nitrogens with one attached hydrogen (secondary N) is 1. The second kappa shape index (κ2) is 5.62. The summed E-state index contributed by atoms with van der Waals surface area (Å²) in [6, 6.07) is 0.439. The fourth-order valence-electron chi connectivity index (χ4n) is 1.42. The van der Waals surface area contributed by atoms with E-state index in [0.717, 1.165) is 0 Å². The first-order valence-electron chi connectivity index (χ1n) is 5.28. The number of hydrogen-bond acceptors (Lipinski definition) is 2. The Morgan fingerprint density at radius 1 is 1.05 bits per heavy atom. The predicted molar refractivity (Wildman–Crippen MR) is 58.0 cm³/mol. The van der Waals surface area contributed by atoms with E-state index < -0.39 is 47.4 Å². The fourth-order valence-corrected chi connectivity index (χ4v) is 1.42. The number of alkyl halides is 6. The van der Waals surface area contributed by atoms with Gasteiger partial charge >= 0.3 is 12.4 Å². The van der Waals surface area contributed by atoms with Crippen molar-refractivity contribution in [2.24, 2.45) is 5.73 Å². The minimum atomic E-state index is -5.02. The lowest BCUT2D eigenvalue weighted by Crippen LogP contribution is -2.34. The Hall–Kier alpha value is -2.26. The van der Waals surface area contributed by atoms with Crippen LogP contribution in [0.4, 0.5) is 26.3 Å². The summed E-state index contributed by atoms with van der Waals surface area (Å²) in [7, 11) is 0. The van der Waals surface area contributed by atoms with Crippen molar-refractivity contribution in [3.05, 3.63) is 34.9 Å². The molecular weight excluding hydrogens is 306 g/mol. The number of rotatable bonds is 3. The number of benzene rings is 1. The van der Waals surface area contributed by atoms with Gasteiger partial charge in [0.05, 0.1) is 23.2 Å². The van der Waals surface area contributed by atoms with Crippen LogP contribution >= 0.6 is 0 Å². The molecule has 0 aliphatic rings. The zero-order chi connectivity index (χ0) is 16.4. The van der Waals surface area contributed by atoms with Crippen LogP contribution in [0.2, 0.25) is 0 Å². The number of amides is 2. The highest BCUT2D eigenvalue weighted by molar-refractivity contribution is 5.98. The van der Waals surface area contributed by atoms with E-state index >= 15 is 0 Å². The van der Waals surface area contributed by atoms with E-state index in [-0.39, 0.29) is 18.2 Å². The van der Waals surface area contributed by atoms with E-state index in [1.54, 1.807) is 5.32 Å². The van der Waals surface area contributed by atoms with E-state index in [9.17, 15) is 35.9 Å². The highest BCUT2D eigenvalue weighted by atomic mass is 19.4. The van der Waals surface area contributed by atoms with Gasteiger partial charge in [0.25, 0.3) is 5.91 Å². The van der Waals surface area contributed by atoms with Gasteiger partial charge in [-0.05, 0) is 18.2 Å². The van der Waals surface area contributed by atoms with Crippen molar-refractivity contribution in [2.75, 3.05) is 6.54 Å². The Labute approximate surface area is 113 Å². The number of carbonyl (C=O) groups is 2. The Bertz CT molecular complexity index is 565. The molecule has 0 heterocycles. The Balaban J connectivity index is 3.29. The summed E-state index contributed by atoms with van der Waals surface area (Å²) in [5.41, 5.74) is 0.488. The summed E-state index contributed by atoms with van der Waals surface area (Å²) in [6.45, 7) is -0.799. The third-order valence-electron chi connectivity index (χ3n) is 2.32. The molecule has 0 aliphatic heterocycles. The van der Waals surface area contributed by atoms with Crippen LogP contribution in [0.15, 0.2) is 18.2 Å². The summed E-state index contributed by atoms with van der Waals surface area (Å²) in [6.07, 6.45) is -9.94. The molecule has 0 aromatic heterocycles. The number of nitrogens with two attached hydrogens (primary N) is 1. The lowest BCUT2D eigenvalue weighted by atomic mass is 10.0. The molecule has 1 aromatic carbocycles. The van der Waals surface area contributed by atoms with Crippen molar-refractivity contribution in [2.45, 2.75) is 12.4 Å². The summed E-state index contributed by atoms with van der Waals surface area (Å²) in [5, 5.41) is 1.71. The van der Waals surface area contributed by atoms with Crippen LogP contribution in [0.5, 0.6) is 0 Å². The van der Waals surface area contributed by atoms with Crippen LogP contribution in [0.3, 0.4) is 0 Å². The first-order valence-corrected chi connectivity index (χ1v) is 5.28. The summed E-state index contributed by atoms with van der Waals surface area (Å²) in [5.74, 6) is -2.53. The highest BCUT2D eigenvalue weighted by Crippen LogP contribution is 2.36. The number of carbonyl (C=O) groups excluding carboxylic acids is 2. The Kier molecular flexibility index (Phi) is 4.49. The minimum absolute atomic E-state index is 0.0686. The van der Waals surface area contributed by atoms with Gasteiger partial charge in [-0.1, -0.05) is 0 Å². The molecule has 0 saturated heterocycles. The Morgan fingerprint density at radius 2 is 1.62 bits per heavy atom. The zero-order valence-corrected chi connectivity index (χ0v) is 10.1. The maximum atomic E-state index is 12.7. The first-order chi connectivity index (χ1) is 9.43. The molecule has 0 bridgehead atoms. The molecule has 10 heteroatoms. The molecular formula is C11H8F6N2O2. The van der Waals surface area contributed by atoms with Crippen LogP contribution in [0.1, 0.15) is 21.5 Å². The van der Waals surface area contributed by atoms with Crippen LogP contribution in [-0.2, 0) is 17.1 Å². The standard InChI is InChI=1S/C11H8F6N2O2/c12-10(13,14)5-1-2-7(11(15,16)17)6(3-5)9(21)19-4-8(18)20/h1-3H,4H2,(H2,18,20)(H,19,21). The van der Waals surface area contributed by atoms with E-state index in [0.29, 0.717) is 0 Å². The Morgan fingerprint density at radius 3 is 2.05 bits per heavy atom. The van der Waals surface area contributed by atoms with Crippen molar-refractivity contribution in [1.82, 2.24) is 5.32 Å². The van der Waals surface area contributed by atoms with Crippen molar-refractivity contribution in [1.29, 1.82) is 0 Å². The average Bonchev–Trinajstić information content (AvgIpc) is 2.33. The molecule has 0 radical (unpaired) electrons. The summed E-state index contributed by atoms with van der Waals surface area (Å²) >= 11 is 0. The van der Waals surface area contributed by atoms with E-state index in [1.165, 1.54) is 0 Å². The topological polar surface area (TPSA) is 72.2 Å². The van der Waals surface area contributed by atoms with Gasteiger partial charge in [-0.3, -0.25) is 9.59 Å². The highest BCUT2D eigenvalue weighted by Gasteiger charge is 2.38. The normalized spacial score (nSPS) is 12.1. The molecule has 116 valence electrons. The number of hydrogen-bond donors (Lipinski definition) is 2. The third-order valence-corrected chi connectivity index (χ3v) is 2.32. The molecule has 4 nitrogen and oxygen atoms in total. The van der Waals surface area contributed by atoms with Gasteiger partial charge in [-0.15, -0.1) is 0 Å². The predicted octanol–water partition coefficient (Wildman–Crippen LogP) is 1.94. The van der Waals surface area contributed by atoms with Gasteiger partial charge in [0.1, 0.15) is 0 Å². The second-order valence-electron chi connectivity index (χ2n) is 3.90. The van der Waals surface area contributed by atoms with Crippen LogP contribution in [0.25, 0.3) is 0 Å². The lowest BCUT2D eigenvalue weighted by Gasteiger charge is -2.15. The fraction of sp³-hybridized carbons (Fsp3) is 0.273. The van der Waals surface area contributed by atoms with Crippen LogP contribution in [-0.4, -0.2) is 18.4 Å². The SMILES string of the molecule is NC(=O)CNC(=O)c1cc(C(F)(F)F)ccc1C(F)(F)F. The molecule has 2 amide bonds. The van der Waals surface area contributed by atoms with Gasteiger partial charge in [0.2, 0.25) is 5.91 Å². The minimum Gasteiger partial charge on any atom is -0.368 e. The molecule has 0 spiro atoms. The monoisotopic (exact) mass is 314 g/mol. The van der Waals surface area contributed by atoms with Gasteiger partial charge in [0, 0.05) is 0 Å². The van der Waals surface area contributed by atoms with Crippen molar-refractivity contribution in [3.63, 3.8) is 0 Å². The number of halogens is 6. The molecule has 0 atom stereocenters. The average molecular weight is 314 g/mol. The van der Waals surface area contributed by atoms with Gasteiger partial charge in [-0.2, -0.15) is 26.3 Å². The summed E-state index contributed by atoms with van der Waals surface area (Å²) in [4.78, 5) is 22.0. The number of primary amides is 1. The largest absolute Gasteiger partial charge is 0.417 e. The van der Waals surface area contributed by atoms with Gasteiger partial charge < -0.3 is 11.1 Å². The molecule has 0 aliphatic carbocycles. The summed E-state index contributed by atoms with van der Waals surface area (Å²) < 4.78 is 75.5. The molecule has 3 N–H and O–H groups in total. The molecule has 0 fully saturated rings. The van der Waals surface area contributed by atoms with E-state index in [2.05, 4.69) is 5.73 Å². The smallest absolute Gasteiger partial charge is 0.368 e. The third kappa shape index (κ3) is 4.36. The second-order valence-corrected chi connectivity index (χ2v) is 3.90. The first kappa shape index (κ1) is 16.8. The van der Waals surface area contributed by atoms with Crippen molar-refractivity contribution < 1.29 is 35.9 Å². The van der Waals surface area contributed by atoms with Crippen LogP contribution < -0.4 is 11.1 Å². The molecule has 1 rings (SSSR count). The van der Waals surface area contributed by atoms with Crippen molar-refractivity contribution >= 4 is 11.8 Å². The lowest BCUT2D eigenvalue weighted by molar-refractivity contribution is -0.141. The maximum Gasteiger partial charge on any atom is 0.417 e. The van der Waals surface area contributed by atoms with E-state index in [4.69, 9.17) is 0 Å². The van der Waals surface area contributed by atoms with Gasteiger partial charge in [0.15, 0.2) is 0 Å². The molecule has 0 unspecified atom stereocenters. The van der Waals surface area contributed by atoms with Gasteiger partial charge in [-0.25, -0.2) is 0 Å².